The summed E-state index contributed by atoms with van der Waals surface area (Å²) in [6, 6.07) is 12.5. The van der Waals surface area contributed by atoms with Gasteiger partial charge in [0.05, 0.1) is 12.7 Å². The number of carbonyl (C=O) groups excluding carboxylic acids is 1. The van der Waals surface area contributed by atoms with Gasteiger partial charge < -0.3 is 19.3 Å². The molecule has 0 aromatic heterocycles. The highest BCUT2D eigenvalue weighted by atomic mass is 19.4. The van der Waals surface area contributed by atoms with Gasteiger partial charge in [0.2, 0.25) is 0 Å². The molecular weight excluding hydrogens is 373 g/mol. The second kappa shape index (κ2) is 8.41. The highest BCUT2D eigenvalue weighted by Crippen LogP contribution is 2.36. The summed E-state index contributed by atoms with van der Waals surface area (Å²) in [7, 11) is 1.52. The molecule has 2 aromatic carbocycles. The smallest absolute Gasteiger partial charge is 0.418 e. The molecule has 1 fully saturated rings. The summed E-state index contributed by atoms with van der Waals surface area (Å²) in [4.78, 5) is 15.7. The summed E-state index contributed by atoms with van der Waals surface area (Å²) < 4.78 is 50.4. The van der Waals surface area contributed by atoms with E-state index in [1.807, 2.05) is 0 Å². The molecule has 0 N–H and O–H groups in total. The van der Waals surface area contributed by atoms with E-state index in [9.17, 15) is 18.0 Å². The minimum atomic E-state index is -4.41. The second-order valence-electron chi connectivity index (χ2n) is 6.32. The quantitative estimate of drug-likeness (QED) is 0.779. The van der Waals surface area contributed by atoms with Crippen LogP contribution in [0.5, 0.6) is 11.5 Å². The number of ether oxygens (including phenoxy) is 2. The molecule has 8 heteroatoms. The van der Waals surface area contributed by atoms with Gasteiger partial charge in [-0.05, 0) is 24.3 Å². The van der Waals surface area contributed by atoms with Crippen LogP contribution in [0.15, 0.2) is 48.5 Å². The molecule has 1 aliphatic heterocycles. The number of anilines is 1. The van der Waals surface area contributed by atoms with Crippen LogP contribution in [0.25, 0.3) is 0 Å². The monoisotopic (exact) mass is 394 g/mol. The summed E-state index contributed by atoms with van der Waals surface area (Å²) in [6.45, 7) is 1.17. The van der Waals surface area contributed by atoms with Gasteiger partial charge in [0.15, 0.2) is 18.1 Å². The molecule has 2 aromatic rings. The van der Waals surface area contributed by atoms with Crippen LogP contribution in [-0.4, -0.2) is 50.7 Å². The molecule has 5 nitrogen and oxygen atoms in total. The van der Waals surface area contributed by atoms with E-state index < -0.39 is 11.7 Å². The number of para-hydroxylation sites is 3. The van der Waals surface area contributed by atoms with E-state index in [1.165, 1.54) is 19.2 Å². The third-order valence-corrected chi connectivity index (χ3v) is 4.60. The number of alkyl halides is 3. The van der Waals surface area contributed by atoms with E-state index >= 15 is 0 Å². The van der Waals surface area contributed by atoms with Crippen LogP contribution >= 0.6 is 0 Å². The van der Waals surface area contributed by atoms with Gasteiger partial charge in [-0.1, -0.05) is 24.3 Å². The number of rotatable bonds is 5. The number of hydrogen-bond acceptors (Lipinski definition) is 4. The standard InChI is InChI=1S/C20H21F3N2O3/c1-27-17-8-4-5-9-18(17)28-14-19(26)25-12-10-24(11-13-25)16-7-3-2-6-15(16)20(21,22)23/h2-9H,10-14H2,1H3. The minimum Gasteiger partial charge on any atom is -0.493 e. The topological polar surface area (TPSA) is 42.0 Å². The van der Waals surface area contributed by atoms with Crippen molar-refractivity contribution in [2.45, 2.75) is 6.18 Å². The lowest BCUT2D eigenvalue weighted by atomic mass is 10.1. The molecule has 1 amide bonds. The van der Waals surface area contributed by atoms with Crippen LogP contribution in [0.2, 0.25) is 0 Å². The summed E-state index contributed by atoms with van der Waals surface area (Å²) in [5.74, 6) is 0.787. The van der Waals surface area contributed by atoms with Gasteiger partial charge in [-0.25, -0.2) is 0 Å². The fourth-order valence-corrected chi connectivity index (χ4v) is 3.15. The molecule has 1 aliphatic rings. The van der Waals surface area contributed by atoms with Crippen molar-refractivity contribution in [2.75, 3.05) is 44.8 Å². The summed E-state index contributed by atoms with van der Waals surface area (Å²) in [5, 5.41) is 0. The van der Waals surface area contributed by atoms with E-state index in [0.29, 0.717) is 37.7 Å². The molecular formula is C20H21F3N2O3. The zero-order chi connectivity index (χ0) is 20.1. The van der Waals surface area contributed by atoms with Gasteiger partial charge in [-0.3, -0.25) is 4.79 Å². The Morgan fingerprint density at radius 3 is 2.21 bits per heavy atom. The van der Waals surface area contributed by atoms with Crippen molar-refractivity contribution < 1.29 is 27.4 Å². The van der Waals surface area contributed by atoms with Gasteiger partial charge in [0.1, 0.15) is 0 Å². The molecule has 3 rings (SSSR count). The summed E-state index contributed by atoms with van der Waals surface area (Å²) in [5.41, 5.74) is -0.512. The van der Waals surface area contributed by atoms with Crippen molar-refractivity contribution >= 4 is 11.6 Å². The third kappa shape index (κ3) is 4.49. The number of piperazine rings is 1. The van der Waals surface area contributed by atoms with Crippen molar-refractivity contribution in [1.82, 2.24) is 4.90 Å². The largest absolute Gasteiger partial charge is 0.493 e. The van der Waals surface area contributed by atoms with Gasteiger partial charge in [0.25, 0.3) is 5.91 Å². The van der Waals surface area contributed by atoms with Crippen LogP contribution in [0.1, 0.15) is 5.56 Å². The number of carbonyl (C=O) groups is 1. The molecule has 0 unspecified atom stereocenters. The first-order valence-electron chi connectivity index (χ1n) is 8.85. The number of nitrogens with zero attached hydrogens (tertiary/aromatic N) is 2. The Kier molecular flexibility index (Phi) is 5.96. The van der Waals surface area contributed by atoms with E-state index in [1.54, 1.807) is 40.1 Å². The fourth-order valence-electron chi connectivity index (χ4n) is 3.15. The Balaban J connectivity index is 1.58. The lowest BCUT2D eigenvalue weighted by Crippen LogP contribution is -2.50. The van der Waals surface area contributed by atoms with Crippen LogP contribution < -0.4 is 14.4 Å². The predicted molar refractivity (Wildman–Crippen MR) is 98.7 cm³/mol. The minimum absolute atomic E-state index is 0.146. The number of amides is 1. The zero-order valence-electron chi connectivity index (χ0n) is 15.4. The van der Waals surface area contributed by atoms with Crippen molar-refractivity contribution in [1.29, 1.82) is 0 Å². The molecule has 150 valence electrons. The van der Waals surface area contributed by atoms with Crippen LogP contribution in [0.3, 0.4) is 0 Å². The molecule has 28 heavy (non-hydrogen) atoms. The first-order valence-corrected chi connectivity index (χ1v) is 8.85. The predicted octanol–water partition coefficient (Wildman–Crippen LogP) is 3.44. The number of methoxy groups -OCH3 is 1. The number of hydrogen-bond donors (Lipinski definition) is 0. The summed E-state index contributed by atoms with van der Waals surface area (Å²) >= 11 is 0. The SMILES string of the molecule is COc1ccccc1OCC(=O)N1CCN(c2ccccc2C(F)(F)F)CC1. The first-order chi connectivity index (χ1) is 13.4. The maximum Gasteiger partial charge on any atom is 0.418 e. The fraction of sp³-hybridized carbons (Fsp3) is 0.350. The third-order valence-electron chi connectivity index (χ3n) is 4.60. The average molecular weight is 394 g/mol. The van der Waals surface area contributed by atoms with Crippen molar-refractivity contribution in [3.63, 3.8) is 0 Å². The van der Waals surface area contributed by atoms with Gasteiger partial charge >= 0.3 is 6.18 Å². The van der Waals surface area contributed by atoms with E-state index in [-0.39, 0.29) is 18.2 Å². The molecule has 0 atom stereocenters. The van der Waals surface area contributed by atoms with Crippen molar-refractivity contribution in [2.24, 2.45) is 0 Å². The van der Waals surface area contributed by atoms with E-state index in [0.717, 1.165) is 6.07 Å². The Morgan fingerprint density at radius 2 is 1.57 bits per heavy atom. The highest BCUT2D eigenvalue weighted by Gasteiger charge is 2.35. The Morgan fingerprint density at radius 1 is 0.964 bits per heavy atom. The maximum atomic E-state index is 13.2. The average Bonchev–Trinajstić information content (AvgIpc) is 2.71. The maximum absolute atomic E-state index is 13.2. The molecule has 0 saturated carbocycles. The van der Waals surface area contributed by atoms with Gasteiger partial charge in [-0.15, -0.1) is 0 Å². The zero-order valence-corrected chi connectivity index (χ0v) is 15.4. The Labute approximate surface area is 161 Å². The molecule has 0 spiro atoms. The molecule has 0 bridgehead atoms. The summed E-state index contributed by atoms with van der Waals surface area (Å²) in [6.07, 6.45) is -4.41. The normalized spacial score (nSPS) is 14.7. The van der Waals surface area contributed by atoms with Crippen LogP contribution in [0.4, 0.5) is 18.9 Å². The lowest BCUT2D eigenvalue weighted by molar-refractivity contribution is -0.137. The molecule has 0 radical (unpaired) electrons. The lowest BCUT2D eigenvalue weighted by Gasteiger charge is -2.37. The van der Waals surface area contributed by atoms with Gasteiger partial charge in [-0.2, -0.15) is 13.2 Å². The van der Waals surface area contributed by atoms with Crippen molar-refractivity contribution in [3.8, 4) is 11.5 Å². The Bertz CT molecular complexity index is 818. The Hall–Kier alpha value is -2.90. The van der Waals surface area contributed by atoms with Crippen LogP contribution in [-0.2, 0) is 11.0 Å². The van der Waals surface area contributed by atoms with E-state index in [4.69, 9.17) is 9.47 Å². The number of benzene rings is 2. The van der Waals surface area contributed by atoms with E-state index in [2.05, 4.69) is 0 Å². The highest BCUT2D eigenvalue weighted by molar-refractivity contribution is 5.78. The van der Waals surface area contributed by atoms with Gasteiger partial charge in [0, 0.05) is 31.9 Å². The molecule has 0 aliphatic carbocycles. The number of halogens is 3. The first kappa shape index (κ1) is 19.9. The molecule has 1 heterocycles. The second-order valence-corrected chi connectivity index (χ2v) is 6.32. The van der Waals surface area contributed by atoms with Crippen LogP contribution in [0, 0.1) is 0 Å². The molecule has 1 saturated heterocycles. The van der Waals surface area contributed by atoms with Crippen molar-refractivity contribution in [3.05, 3.63) is 54.1 Å².